The maximum atomic E-state index is 11.5. The van der Waals surface area contributed by atoms with Crippen LogP contribution in [0, 0.1) is 11.3 Å². The first-order valence-electron chi connectivity index (χ1n) is 5.36. The Kier molecular flexibility index (Phi) is 4.71. The summed E-state index contributed by atoms with van der Waals surface area (Å²) in [6.07, 6.45) is 0. The molecule has 1 aromatic rings. The van der Waals surface area contributed by atoms with Crippen LogP contribution in [-0.2, 0) is 4.79 Å². The van der Waals surface area contributed by atoms with Gasteiger partial charge in [-0.1, -0.05) is 0 Å². The molecule has 0 saturated carbocycles. The van der Waals surface area contributed by atoms with Gasteiger partial charge in [0.25, 0.3) is 0 Å². The molecule has 0 heterocycles. The van der Waals surface area contributed by atoms with Crippen molar-refractivity contribution in [3.8, 4) is 11.8 Å². The van der Waals surface area contributed by atoms with Crippen LogP contribution in [0.1, 0.15) is 12.5 Å². The summed E-state index contributed by atoms with van der Waals surface area (Å²) in [6, 6.07) is 4.75. The first-order chi connectivity index (χ1) is 8.97. The molecule has 1 atom stereocenters. The van der Waals surface area contributed by atoms with Gasteiger partial charge in [-0.3, -0.25) is 4.79 Å². The average Bonchev–Trinajstić information content (AvgIpc) is 2.38. The Labute approximate surface area is 109 Å². The molecule has 0 aromatic heterocycles. The van der Waals surface area contributed by atoms with E-state index in [0.717, 1.165) is 0 Å². The monoisotopic (exact) mass is 263 g/mol. The zero-order chi connectivity index (χ0) is 14.4. The Bertz CT molecular complexity index is 536. The lowest BCUT2D eigenvalue weighted by Crippen LogP contribution is -2.40. The summed E-state index contributed by atoms with van der Waals surface area (Å²) in [5, 5.41) is 22.1. The van der Waals surface area contributed by atoms with E-state index in [1.807, 2.05) is 6.07 Å². The van der Waals surface area contributed by atoms with Crippen LogP contribution in [0.25, 0.3) is 0 Å². The first-order valence-corrected chi connectivity index (χ1v) is 5.36. The summed E-state index contributed by atoms with van der Waals surface area (Å²) in [5.74, 6) is -0.820. The fraction of sp³-hybridized carbons (Fsp3) is 0.250. The topological polar surface area (TPSA) is 111 Å². The van der Waals surface area contributed by atoms with Crippen molar-refractivity contribution < 1.29 is 19.4 Å². The van der Waals surface area contributed by atoms with Crippen LogP contribution in [0.4, 0.5) is 10.5 Å². The van der Waals surface area contributed by atoms with Gasteiger partial charge in [0.05, 0.1) is 24.4 Å². The highest BCUT2D eigenvalue weighted by Gasteiger charge is 2.15. The van der Waals surface area contributed by atoms with Crippen molar-refractivity contribution in [2.45, 2.75) is 13.0 Å². The Balaban J connectivity index is 2.80. The van der Waals surface area contributed by atoms with Crippen LogP contribution < -0.4 is 15.4 Å². The van der Waals surface area contributed by atoms with Crippen molar-refractivity contribution in [3.63, 3.8) is 0 Å². The van der Waals surface area contributed by atoms with Crippen LogP contribution in [0.2, 0.25) is 0 Å². The number of hydrogen-bond donors (Lipinski definition) is 3. The number of methoxy groups -OCH3 is 1. The second kappa shape index (κ2) is 6.26. The summed E-state index contributed by atoms with van der Waals surface area (Å²) < 4.78 is 5.03. The molecule has 0 bridgehead atoms. The molecule has 0 unspecified atom stereocenters. The summed E-state index contributed by atoms with van der Waals surface area (Å²) in [5.41, 5.74) is 0.735. The fourth-order valence-electron chi connectivity index (χ4n) is 1.28. The molecule has 19 heavy (non-hydrogen) atoms. The third-order valence-corrected chi connectivity index (χ3v) is 2.30. The van der Waals surface area contributed by atoms with E-state index in [1.165, 1.54) is 32.2 Å². The maximum Gasteiger partial charge on any atom is 0.325 e. The number of aliphatic carboxylic acids is 1. The van der Waals surface area contributed by atoms with E-state index in [1.54, 1.807) is 0 Å². The largest absolute Gasteiger partial charge is 0.495 e. The van der Waals surface area contributed by atoms with E-state index in [2.05, 4.69) is 10.6 Å². The van der Waals surface area contributed by atoms with Crippen LogP contribution in [-0.4, -0.2) is 30.3 Å². The van der Waals surface area contributed by atoms with Crippen molar-refractivity contribution in [1.29, 1.82) is 5.26 Å². The van der Waals surface area contributed by atoms with Crippen LogP contribution in [0.3, 0.4) is 0 Å². The lowest BCUT2D eigenvalue weighted by molar-refractivity contribution is -0.138. The van der Waals surface area contributed by atoms with Gasteiger partial charge in [-0.05, 0) is 19.1 Å². The van der Waals surface area contributed by atoms with Crippen molar-refractivity contribution in [3.05, 3.63) is 23.8 Å². The minimum absolute atomic E-state index is 0.317. The summed E-state index contributed by atoms with van der Waals surface area (Å²) in [6.45, 7) is 1.35. The second-order valence-corrected chi connectivity index (χ2v) is 3.69. The molecule has 0 spiro atoms. The van der Waals surface area contributed by atoms with Gasteiger partial charge in [0.2, 0.25) is 0 Å². The second-order valence-electron chi connectivity index (χ2n) is 3.69. The number of nitrogens with zero attached hydrogens (tertiary/aromatic N) is 1. The van der Waals surface area contributed by atoms with E-state index in [0.29, 0.717) is 17.0 Å². The molecule has 0 aliphatic rings. The predicted molar refractivity (Wildman–Crippen MR) is 67.0 cm³/mol. The quantitative estimate of drug-likeness (QED) is 0.754. The maximum absolute atomic E-state index is 11.5. The number of amides is 2. The zero-order valence-corrected chi connectivity index (χ0v) is 10.4. The van der Waals surface area contributed by atoms with Crippen LogP contribution in [0.15, 0.2) is 18.2 Å². The smallest absolute Gasteiger partial charge is 0.325 e. The molecule has 100 valence electrons. The summed E-state index contributed by atoms with van der Waals surface area (Å²) in [7, 11) is 1.40. The lowest BCUT2D eigenvalue weighted by atomic mass is 10.2. The molecule has 0 fully saturated rings. The highest BCUT2D eigenvalue weighted by Crippen LogP contribution is 2.25. The molecular weight excluding hydrogens is 250 g/mol. The van der Waals surface area contributed by atoms with E-state index in [-0.39, 0.29) is 0 Å². The number of urea groups is 1. The van der Waals surface area contributed by atoms with E-state index in [4.69, 9.17) is 15.1 Å². The van der Waals surface area contributed by atoms with Gasteiger partial charge in [0, 0.05) is 6.07 Å². The number of carbonyl (C=O) groups is 2. The number of carbonyl (C=O) groups excluding carboxylic acids is 1. The lowest BCUT2D eigenvalue weighted by Gasteiger charge is -2.13. The third kappa shape index (κ3) is 3.89. The van der Waals surface area contributed by atoms with Gasteiger partial charge in [-0.25, -0.2) is 4.79 Å². The SMILES string of the molecule is COc1cc(C#N)ccc1NC(=O)N[C@H](C)C(=O)O. The molecule has 0 aliphatic carbocycles. The first kappa shape index (κ1) is 14.3. The zero-order valence-electron chi connectivity index (χ0n) is 10.4. The fourth-order valence-corrected chi connectivity index (χ4v) is 1.28. The minimum Gasteiger partial charge on any atom is -0.495 e. The highest BCUT2D eigenvalue weighted by atomic mass is 16.5. The molecule has 3 N–H and O–H groups in total. The normalized spacial score (nSPS) is 11.0. The number of hydrogen-bond acceptors (Lipinski definition) is 4. The Morgan fingerprint density at radius 2 is 2.16 bits per heavy atom. The molecule has 2 amide bonds. The molecule has 7 nitrogen and oxygen atoms in total. The van der Waals surface area contributed by atoms with Gasteiger partial charge in [0.15, 0.2) is 0 Å². The Hall–Kier alpha value is -2.75. The molecule has 1 rings (SSSR count). The third-order valence-electron chi connectivity index (χ3n) is 2.30. The van der Waals surface area contributed by atoms with E-state index < -0.39 is 18.0 Å². The van der Waals surface area contributed by atoms with Crippen LogP contribution in [0.5, 0.6) is 5.75 Å². The molecule has 0 saturated heterocycles. The Morgan fingerprint density at radius 1 is 1.47 bits per heavy atom. The average molecular weight is 263 g/mol. The number of nitriles is 1. The number of nitrogens with one attached hydrogen (secondary N) is 2. The van der Waals surface area contributed by atoms with Crippen molar-refractivity contribution in [2.75, 3.05) is 12.4 Å². The van der Waals surface area contributed by atoms with Gasteiger partial charge in [0.1, 0.15) is 11.8 Å². The molecule has 0 radical (unpaired) electrons. The number of carboxylic acids is 1. The van der Waals surface area contributed by atoms with Gasteiger partial charge < -0.3 is 20.5 Å². The summed E-state index contributed by atoms with van der Waals surface area (Å²) in [4.78, 5) is 22.1. The number of benzene rings is 1. The number of carboxylic acid groups (broad SMARTS) is 1. The summed E-state index contributed by atoms with van der Waals surface area (Å²) >= 11 is 0. The minimum atomic E-state index is -1.14. The molecule has 1 aromatic carbocycles. The van der Waals surface area contributed by atoms with Crippen molar-refractivity contribution in [1.82, 2.24) is 5.32 Å². The van der Waals surface area contributed by atoms with Gasteiger partial charge in [-0.15, -0.1) is 0 Å². The van der Waals surface area contributed by atoms with Crippen molar-refractivity contribution >= 4 is 17.7 Å². The van der Waals surface area contributed by atoms with E-state index in [9.17, 15) is 9.59 Å². The predicted octanol–water partition coefficient (Wildman–Crippen LogP) is 1.16. The standard InChI is InChI=1S/C12H13N3O4/c1-7(11(16)17)14-12(18)15-9-4-3-8(6-13)5-10(9)19-2/h3-5,7H,1-2H3,(H,16,17)(H2,14,15,18)/t7-/m1/s1. The van der Waals surface area contributed by atoms with Gasteiger partial charge in [-0.2, -0.15) is 5.26 Å². The van der Waals surface area contributed by atoms with Crippen LogP contribution >= 0.6 is 0 Å². The highest BCUT2D eigenvalue weighted by molar-refractivity contribution is 5.93. The van der Waals surface area contributed by atoms with Gasteiger partial charge >= 0.3 is 12.0 Å². The molecular formula is C12H13N3O4. The number of rotatable bonds is 4. The number of anilines is 1. The molecule has 0 aliphatic heterocycles. The molecule has 7 heteroatoms. The Morgan fingerprint density at radius 3 is 2.68 bits per heavy atom. The van der Waals surface area contributed by atoms with E-state index >= 15 is 0 Å². The number of ether oxygens (including phenoxy) is 1. The van der Waals surface area contributed by atoms with Crippen molar-refractivity contribution in [2.24, 2.45) is 0 Å².